The number of aromatic nitrogens is 1. The monoisotopic (exact) mass is 348 g/mol. The average Bonchev–Trinajstić information content (AvgIpc) is 2.48. The fourth-order valence-corrected chi connectivity index (χ4v) is 3.18. The van der Waals surface area contributed by atoms with Crippen LogP contribution in [0, 0.1) is 13.8 Å². The van der Waals surface area contributed by atoms with Crippen molar-refractivity contribution in [3.8, 4) is 0 Å². The fourth-order valence-electron chi connectivity index (χ4n) is 3.18. The van der Waals surface area contributed by atoms with Gasteiger partial charge in [0.05, 0.1) is 0 Å². The van der Waals surface area contributed by atoms with E-state index < -0.39 is 0 Å². The maximum Gasteiger partial charge on any atom is 0.325 e. The number of urea groups is 1. The highest BCUT2D eigenvalue weighted by atomic mass is 16.2. The molecule has 25 heavy (non-hydrogen) atoms. The second-order valence-electron chi connectivity index (χ2n) is 7.61. The molecule has 1 aromatic rings. The first-order chi connectivity index (χ1) is 11.6. The van der Waals surface area contributed by atoms with E-state index >= 15 is 0 Å². The van der Waals surface area contributed by atoms with Crippen LogP contribution in [-0.2, 0) is 0 Å². The van der Waals surface area contributed by atoms with Crippen LogP contribution >= 0.6 is 0 Å². The van der Waals surface area contributed by atoms with Gasteiger partial charge >= 0.3 is 6.03 Å². The van der Waals surface area contributed by atoms with Crippen molar-refractivity contribution < 1.29 is 4.79 Å². The predicted molar refractivity (Wildman–Crippen MR) is 106 cm³/mol. The van der Waals surface area contributed by atoms with Gasteiger partial charge in [0.1, 0.15) is 5.82 Å². The molecule has 0 N–H and O–H groups in total. The van der Waals surface area contributed by atoms with Gasteiger partial charge in [-0.05, 0) is 78.6 Å². The number of unbranched alkanes of at least 4 members (excludes halogenated alkanes) is 1. The molecule has 0 unspecified atom stereocenters. The van der Waals surface area contributed by atoms with E-state index in [9.17, 15) is 4.79 Å². The molecule has 1 heterocycles. The van der Waals surface area contributed by atoms with Crippen LogP contribution in [0.2, 0.25) is 0 Å². The normalized spacial score (nSPS) is 11.5. The maximum absolute atomic E-state index is 12.6. The van der Waals surface area contributed by atoms with E-state index in [1.807, 2.05) is 26.0 Å². The molecule has 0 fully saturated rings. The fraction of sp³-hybridized carbons (Fsp3) is 0.700. The van der Waals surface area contributed by atoms with Crippen LogP contribution in [0.5, 0.6) is 0 Å². The zero-order chi connectivity index (χ0) is 19.1. The van der Waals surface area contributed by atoms with Crippen molar-refractivity contribution >= 4 is 11.8 Å². The number of pyridine rings is 1. The molecule has 2 amide bonds. The largest absolute Gasteiger partial charge is 0.330 e. The number of aryl methyl sites for hydroxylation is 2. The van der Waals surface area contributed by atoms with Crippen LogP contribution in [0.25, 0.3) is 0 Å². The summed E-state index contributed by atoms with van der Waals surface area (Å²) in [6, 6.07) is 5.09. The standard InChI is InChI=1S/C20H36N4O/c1-15(2)23(16(3)4)11-9-10-12-24(20(25)22(7)8)19-14-17(5)13-18(6)21-19/h13-16H,9-12H2,1-8H3. The van der Waals surface area contributed by atoms with Crippen molar-refractivity contribution in [2.45, 2.75) is 66.5 Å². The molecule has 0 saturated carbocycles. The molecule has 142 valence electrons. The first-order valence-corrected chi connectivity index (χ1v) is 9.33. The molecule has 0 radical (unpaired) electrons. The number of carbonyl (C=O) groups excluding carboxylic acids is 1. The lowest BCUT2D eigenvalue weighted by molar-refractivity contribution is 0.172. The van der Waals surface area contributed by atoms with Gasteiger partial charge < -0.3 is 4.90 Å². The minimum atomic E-state index is -0.0120. The van der Waals surface area contributed by atoms with Crippen molar-refractivity contribution in [3.63, 3.8) is 0 Å². The summed E-state index contributed by atoms with van der Waals surface area (Å²) in [7, 11) is 3.58. The first kappa shape index (κ1) is 21.4. The van der Waals surface area contributed by atoms with Crippen LogP contribution < -0.4 is 4.90 Å². The Hall–Kier alpha value is -1.62. The minimum Gasteiger partial charge on any atom is -0.330 e. The third kappa shape index (κ3) is 6.65. The highest BCUT2D eigenvalue weighted by Crippen LogP contribution is 2.17. The number of nitrogens with zero attached hydrogens (tertiary/aromatic N) is 4. The summed E-state index contributed by atoms with van der Waals surface area (Å²) in [5.74, 6) is 0.751. The number of carbonyl (C=O) groups is 1. The summed E-state index contributed by atoms with van der Waals surface area (Å²) >= 11 is 0. The second-order valence-corrected chi connectivity index (χ2v) is 7.61. The Morgan fingerprint density at radius 2 is 1.56 bits per heavy atom. The number of amides is 2. The van der Waals surface area contributed by atoms with Crippen molar-refractivity contribution in [1.29, 1.82) is 0 Å². The van der Waals surface area contributed by atoms with Gasteiger partial charge in [-0.15, -0.1) is 0 Å². The third-order valence-electron chi connectivity index (χ3n) is 4.35. The number of hydrogen-bond donors (Lipinski definition) is 0. The van der Waals surface area contributed by atoms with Crippen LogP contribution in [0.15, 0.2) is 12.1 Å². The average molecular weight is 349 g/mol. The molecule has 5 heteroatoms. The molecule has 0 bridgehead atoms. The van der Waals surface area contributed by atoms with Gasteiger partial charge in [0, 0.05) is 38.4 Å². The number of hydrogen-bond acceptors (Lipinski definition) is 3. The van der Waals surface area contributed by atoms with Gasteiger partial charge in [0.2, 0.25) is 0 Å². The zero-order valence-corrected chi connectivity index (χ0v) is 17.3. The van der Waals surface area contributed by atoms with Gasteiger partial charge in [-0.2, -0.15) is 0 Å². The molecule has 0 aliphatic heterocycles. The van der Waals surface area contributed by atoms with E-state index in [1.54, 1.807) is 23.9 Å². The Morgan fingerprint density at radius 1 is 1.00 bits per heavy atom. The molecule has 0 atom stereocenters. The van der Waals surface area contributed by atoms with Gasteiger partial charge in [-0.25, -0.2) is 9.78 Å². The Bertz CT molecular complexity index is 526. The van der Waals surface area contributed by atoms with Gasteiger partial charge in [-0.1, -0.05) is 0 Å². The molecule has 0 aliphatic carbocycles. The third-order valence-corrected chi connectivity index (χ3v) is 4.35. The first-order valence-electron chi connectivity index (χ1n) is 9.33. The summed E-state index contributed by atoms with van der Waals surface area (Å²) in [6.07, 6.45) is 2.03. The Balaban J connectivity index is 2.77. The Labute approximate surface area is 154 Å². The van der Waals surface area contributed by atoms with Crippen LogP contribution in [-0.4, -0.2) is 60.1 Å². The van der Waals surface area contributed by atoms with Gasteiger partial charge in [-0.3, -0.25) is 9.80 Å². The lowest BCUT2D eigenvalue weighted by atomic mass is 10.2. The number of rotatable bonds is 8. The topological polar surface area (TPSA) is 39.7 Å². The van der Waals surface area contributed by atoms with Crippen LogP contribution in [0.1, 0.15) is 51.8 Å². The lowest BCUT2D eigenvalue weighted by Crippen LogP contribution is -2.41. The van der Waals surface area contributed by atoms with E-state index in [1.165, 1.54) is 0 Å². The summed E-state index contributed by atoms with van der Waals surface area (Å²) in [5.41, 5.74) is 2.07. The maximum atomic E-state index is 12.6. The quantitative estimate of drug-likeness (QED) is 0.664. The molecule has 0 aromatic carbocycles. The van der Waals surface area contributed by atoms with Gasteiger partial charge in [0.25, 0.3) is 0 Å². The summed E-state index contributed by atoms with van der Waals surface area (Å²) in [5, 5.41) is 0. The van der Waals surface area contributed by atoms with Crippen molar-refractivity contribution in [2.75, 3.05) is 32.1 Å². The van der Waals surface area contributed by atoms with Gasteiger partial charge in [0.15, 0.2) is 0 Å². The lowest BCUT2D eigenvalue weighted by Gasteiger charge is -2.31. The van der Waals surface area contributed by atoms with E-state index in [-0.39, 0.29) is 6.03 Å². The van der Waals surface area contributed by atoms with Crippen LogP contribution in [0.4, 0.5) is 10.6 Å². The molecule has 5 nitrogen and oxygen atoms in total. The molecule has 0 aliphatic rings. The molecule has 0 spiro atoms. The van der Waals surface area contributed by atoms with E-state index in [4.69, 9.17) is 0 Å². The van der Waals surface area contributed by atoms with Crippen LogP contribution in [0.3, 0.4) is 0 Å². The summed E-state index contributed by atoms with van der Waals surface area (Å²) in [6.45, 7) is 14.7. The highest BCUT2D eigenvalue weighted by Gasteiger charge is 2.19. The van der Waals surface area contributed by atoms with Crippen molar-refractivity contribution in [2.24, 2.45) is 0 Å². The number of anilines is 1. The molecular weight excluding hydrogens is 312 g/mol. The van der Waals surface area contributed by atoms with Crippen molar-refractivity contribution in [3.05, 3.63) is 23.4 Å². The van der Waals surface area contributed by atoms with E-state index in [2.05, 4.69) is 37.6 Å². The zero-order valence-electron chi connectivity index (χ0n) is 17.3. The predicted octanol–water partition coefficient (Wildman–Crippen LogP) is 4.09. The molecule has 1 rings (SSSR count). The summed E-state index contributed by atoms with van der Waals surface area (Å²) in [4.78, 5) is 23.1. The Kier molecular flexibility index (Phi) is 8.36. The SMILES string of the molecule is Cc1cc(C)nc(N(CCCCN(C(C)C)C(C)C)C(=O)N(C)C)c1. The molecule has 1 aromatic heterocycles. The smallest absolute Gasteiger partial charge is 0.325 e. The summed E-state index contributed by atoms with van der Waals surface area (Å²) < 4.78 is 0. The van der Waals surface area contributed by atoms with E-state index in [0.29, 0.717) is 18.6 Å². The minimum absolute atomic E-state index is 0.0120. The molecular formula is C20H36N4O. The van der Waals surface area contributed by atoms with E-state index in [0.717, 1.165) is 36.5 Å². The highest BCUT2D eigenvalue weighted by molar-refractivity contribution is 5.90. The Morgan fingerprint density at radius 3 is 2.04 bits per heavy atom. The van der Waals surface area contributed by atoms with Crippen molar-refractivity contribution in [1.82, 2.24) is 14.8 Å². The molecule has 0 saturated heterocycles. The second kappa shape index (κ2) is 9.76.